The molecule has 0 spiro atoms. The van der Waals surface area contributed by atoms with Crippen molar-refractivity contribution in [3.63, 3.8) is 0 Å². The smallest absolute Gasteiger partial charge is 0.295 e. The van der Waals surface area contributed by atoms with E-state index in [1.165, 1.54) is 0 Å². The van der Waals surface area contributed by atoms with Gasteiger partial charge in [-0.25, -0.2) is 0 Å². The Kier molecular flexibility index (Phi) is 12.5. The fourth-order valence-electron chi connectivity index (χ4n) is 2.01. The van der Waals surface area contributed by atoms with Gasteiger partial charge in [-0.15, -0.1) is 57.5 Å². The second-order valence-corrected chi connectivity index (χ2v) is 22.2. The van der Waals surface area contributed by atoms with Gasteiger partial charge in [-0.1, -0.05) is 56.4 Å². The third kappa shape index (κ3) is 11.5. The summed E-state index contributed by atoms with van der Waals surface area (Å²) < 4.78 is 0. The third-order valence-electron chi connectivity index (χ3n) is 4.34. The van der Waals surface area contributed by atoms with Gasteiger partial charge in [0.25, 0.3) is 6.69 Å². The van der Waals surface area contributed by atoms with E-state index in [0.29, 0.717) is 0 Å². The second kappa shape index (κ2) is 12.8. The predicted octanol–water partition coefficient (Wildman–Crippen LogP) is 8.34. The highest BCUT2D eigenvalue weighted by Crippen LogP contribution is 2.32. The highest BCUT2D eigenvalue weighted by molar-refractivity contribution is 7.49. The van der Waals surface area contributed by atoms with Crippen LogP contribution in [0.15, 0.2) is 73.1 Å². The van der Waals surface area contributed by atoms with Gasteiger partial charge in [-0.3, -0.25) is 0 Å². The minimum Gasteiger partial charge on any atom is -0.508 e. The summed E-state index contributed by atoms with van der Waals surface area (Å²) in [6.45, 7) is 11.1. The number of phenolic OH excluding ortho intramolecular Hbond substituents is 2. The zero-order valence-corrected chi connectivity index (χ0v) is 22.8. The van der Waals surface area contributed by atoms with E-state index in [2.05, 4.69) is 27.0 Å². The quantitative estimate of drug-likeness (QED) is 0.305. The molecule has 166 valence electrons. The predicted molar refractivity (Wildman–Crippen MR) is 140 cm³/mol. The van der Waals surface area contributed by atoms with Crippen molar-refractivity contribution in [2.24, 2.45) is 0 Å². The molecule has 0 aliphatic heterocycles. The van der Waals surface area contributed by atoms with E-state index in [9.17, 15) is 10.2 Å². The SMILES string of the molecule is C=C[Si](Cl)(Cl)C=C.CC(C)(c1ccc(O)cc1)c1ccc(O)cc1.CC[Si](C)(Cl)Cl. The van der Waals surface area contributed by atoms with Gasteiger partial charge in [0, 0.05) is 5.41 Å². The molecule has 0 aromatic heterocycles. The lowest BCUT2D eigenvalue weighted by Gasteiger charge is -2.26. The molecular weight excluding hydrogens is 494 g/mol. The molecule has 0 unspecified atom stereocenters. The lowest BCUT2D eigenvalue weighted by Crippen LogP contribution is -2.18. The molecule has 2 nitrogen and oxygen atoms in total. The van der Waals surface area contributed by atoms with Gasteiger partial charge >= 0.3 is 0 Å². The molecule has 0 atom stereocenters. The van der Waals surface area contributed by atoms with Crippen LogP contribution in [-0.2, 0) is 5.41 Å². The van der Waals surface area contributed by atoms with E-state index < -0.39 is 13.4 Å². The molecule has 0 fully saturated rings. The highest BCUT2D eigenvalue weighted by atomic mass is 35.7. The van der Waals surface area contributed by atoms with Gasteiger partial charge in [-0.05, 0) is 48.0 Å². The van der Waals surface area contributed by atoms with Gasteiger partial charge in [0.05, 0.1) is 0 Å². The summed E-state index contributed by atoms with van der Waals surface area (Å²) in [5.74, 6) is 0.547. The molecule has 2 rings (SSSR count). The molecule has 8 heteroatoms. The summed E-state index contributed by atoms with van der Waals surface area (Å²) in [4.78, 5) is 0. The van der Waals surface area contributed by atoms with E-state index in [1.807, 2.05) is 37.7 Å². The first kappa shape index (κ1) is 29.1. The minimum atomic E-state index is -2.18. The Morgan fingerprint density at radius 3 is 1.23 bits per heavy atom. The van der Waals surface area contributed by atoms with Crippen LogP contribution in [0.5, 0.6) is 11.5 Å². The second-order valence-electron chi connectivity index (χ2n) is 7.23. The number of halogens is 4. The summed E-state index contributed by atoms with van der Waals surface area (Å²) in [7, 11) is 0. The number of rotatable bonds is 5. The van der Waals surface area contributed by atoms with E-state index in [0.717, 1.165) is 17.2 Å². The van der Waals surface area contributed by atoms with Crippen LogP contribution in [-0.4, -0.2) is 23.6 Å². The van der Waals surface area contributed by atoms with Crippen molar-refractivity contribution in [1.29, 1.82) is 0 Å². The Morgan fingerprint density at radius 1 is 0.800 bits per heavy atom. The van der Waals surface area contributed by atoms with Crippen molar-refractivity contribution in [2.45, 2.75) is 38.8 Å². The van der Waals surface area contributed by atoms with Crippen LogP contribution in [0.3, 0.4) is 0 Å². The topological polar surface area (TPSA) is 40.5 Å². The molecular formula is C22H30Cl4O2Si2. The van der Waals surface area contributed by atoms with E-state index in [1.54, 1.807) is 35.7 Å². The summed E-state index contributed by atoms with van der Waals surface area (Å²) in [6, 6.07) is 15.4. The molecule has 0 aliphatic carbocycles. The molecule has 0 radical (unpaired) electrons. The largest absolute Gasteiger partial charge is 0.508 e. The molecule has 0 aliphatic rings. The standard InChI is InChI=1S/C15H16O2.C4H6Cl2Si.C3H8Cl2Si/c1-15(2,11-3-7-13(16)8-4-11)12-5-9-14(17)10-6-12;1-3-7(5,6)4-2;1-3-6(2,4)5/h3-10,16-17H,1-2H3;3-4H,1-2H2;3H2,1-2H3. The monoisotopic (exact) mass is 522 g/mol. The summed E-state index contributed by atoms with van der Waals surface area (Å²) in [5.41, 5.74) is 5.19. The average Bonchev–Trinajstić information content (AvgIpc) is 2.69. The molecule has 0 bridgehead atoms. The van der Waals surface area contributed by atoms with Crippen LogP contribution in [0.25, 0.3) is 0 Å². The van der Waals surface area contributed by atoms with Crippen LogP contribution < -0.4 is 0 Å². The van der Waals surface area contributed by atoms with Crippen LogP contribution in [0, 0.1) is 0 Å². The molecule has 2 aromatic carbocycles. The number of benzene rings is 2. The van der Waals surface area contributed by atoms with Crippen LogP contribution in [0.2, 0.25) is 12.6 Å². The summed E-state index contributed by atoms with van der Waals surface area (Å²) in [5, 5.41) is 18.6. The van der Waals surface area contributed by atoms with Crippen molar-refractivity contribution >= 4 is 57.7 Å². The van der Waals surface area contributed by atoms with Crippen LogP contribution >= 0.6 is 44.3 Å². The highest BCUT2D eigenvalue weighted by Gasteiger charge is 2.22. The van der Waals surface area contributed by atoms with Crippen LogP contribution in [0.1, 0.15) is 31.9 Å². The zero-order valence-electron chi connectivity index (χ0n) is 17.8. The normalized spacial score (nSPS) is 11.3. The maximum atomic E-state index is 9.30. The number of hydrogen-bond acceptors (Lipinski definition) is 2. The van der Waals surface area contributed by atoms with Gasteiger partial charge in [-0.2, -0.15) is 0 Å². The molecule has 30 heavy (non-hydrogen) atoms. The van der Waals surface area contributed by atoms with Crippen molar-refractivity contribution in [3.8, 4) is 11.5 Å². The lowest BCUT2D eigenvalue weighted by molar-refractivity contribution is 0.474. The van der Waals surface area contributed by atoms with Gasteiger partial charge < -0.3 is 10.2 Å². The number of phenols is 2. The van der Waals surface area contributed by atoms with Crippen molar-refractivity contribution in [1.82, 2.24) is 0 Å². The van der Waals surface area contributed by atoms with E-state index in [4.69, 9.17) is 44.3 Å². The number of aromatic hydroxyl groups is 2. The minimum absolute atomic E-state index is 0.151. The maximum absolute atomic E-state index is 9.30. The molecule has 0 saturated heterocycles. The number of hydrogen-bond donors (Lipinski definition) is 2. The first-order valence-electron chi connectivity index (χ1n) is 9.30. The van der Waals surface area contributed by atoms with Crippen molar-refractivity contribution in [3.05, 3.63) is 84.2 Å². The molecule has 0 saturated carbocycles. The Balaban J connectivity index is 0.000000538. The lowest BCUT2D eigenvalue weighted by atomic mass is 9.78. The average molecular weight is 524 g/mol. The van der Waals surface area contributed by atoms with Crippen molar-refractivity contribution in [2.75, 3.05) is 0 Å². The van der Waals surface area contributed by atoms with E-state index in [-0.39, 0.29) is 16.9 Å². The molecule has 2 aromatic rings. The van der Waals surface area contributed by atoms with E-state index >= 15 is 0 Å². The summed E-state index contributed by atoms with van der Waals surface area (Å²) >= 11 is 22.4. The van der Waals surface area contributed by atoms with Gasteiger partial charge in [0.1, 0.15) is 11.5 Å². The Bertz CT molecular complexity index is 727. The fraction of sp³-hybridized carbons (Fsp3) is 0.273. The third-order valence-corrected chi connectivity index (χ3v) is 10.1. The van der Waals surface area contributed by atoms with Crippen LogP contribution in [0.4, 0.5) is 0 Å². The van der Waals surface area contributed by atoms with Gasteiger partial charge in [0.15, 0.2) is 0 Å². The fourth-order valence-corrected chi connectivity index (χ4v) is 2.17. The molecule has 2 N–H and O–H groups in total. The Labute approximate surface area is 201 Å². The summed E-state index contributed by atoms with van der Waals surface area (Å²) in [6.07, 6.45) is 0. The first-order valence-corrected chi connectivity index (χ1v) is 18.2. The zero-order chi connectivity index (χ0) is 23.6. The van der Waals surface area contributed by atoms with Gasteiger partial charge in [0.2, 0.25) is 6.69 Å². The maximum Gasteiger partial charge on any atom is 0.295 e. The Morgan fingerprint density at radius 2 is 1.07 bits per heavy atom. The molecule has 0 amide bonds. The van der Waals surface area contributed by atoms with Crippen molar-refractivity contribution < 1.29 is 10.2 Å². The molecule has 0 heterocycles. The first-order chi connectivity index (χ1) is 13.7. The Hall–Kier alpha value is -0.886.